The van der Waals surface area contributed by atoms with Gasteiger partial charge in [0.15, 0.2) is 0 Å². The SMILES string of the molecule is NC(N)=N/N=C/c1ccc(O)c(Br)c1. The Morgan fingerprint density at radius 2 is 2.14 bits per heavy atom. The number of benzene rings is 1. The second-order valence-electron chi connectivity index (χ2n) is 2.48. The summed E-state index contributed by atoms with van der Waals surface area (Å²) in [5.74, 6) is 0.0723. The summed E-state index contributed by atoms with van der Waals surface area (Å²) >= 11 is 3.17. The van der Waals surface area contributed by atoms with E-state index in [2.05, 4.69) is 26.1 Å². The average Bonchev–Trinajstić information content (AvgIpc) is 2.10. The molecule has 0 aliphatic heterocycles. The molecule has 0 fully saturated rings. The fraction of sp³-hybridized carbons (Fsp3) is 0. The molecule has 1 aromatic carbocycles. The molecule has 0 radical (unpaired) electrons. The Morgan fingerprint density at radius 1 is 1.43 bits per heavy atom. The van der Waals surface area contributed by atoms with Crippen molar-refractivity contribution in [3.63, 3.8) is 0 Å². The van der Waals surface area contributed by atoms with Gasteiger partial charge in [0.05, 0.1) is 10.7 Å². The van der Waals surface area contributed by atoms with Crippen LogP contribution in [0.25, 0.3) is 0 Å². The number of hydrogen-bond donors (Lipinski definition) is 3. The van der Waals surface area contributed by atoms with E-state index in [4.69, 9.17) is 11.5 Å². The first-order chi connectivity index (χ1) is 6.59. The summed E-state index contributed by atoms with van der Waals surface area (Å²) in [5, 5.41) is 16.3. The van der Waals surface area contributed by atoms with Crippen molar-refractivity contribution in [3.05, 3.63) is 28.2 Å². The van der Waals surface area contributed by atoms with Gasteiger partial charge >= 0.3 is 0 Å². The first-order valence-corrected chi connectivity index (χ1v) is 4.49. The van der Waals surface area contributed by atoms with Crippen LogP contribution in [-0.4, -0.2) is 17.3 Å². The molecule has 5 nitrogen and oxygen atoms in total. The third-order valence-electron chi connectivity index (χ3n) is 1.35. The Kier molecular flexibility index (Phi) is 3.47. The summed E-state index contributed by atoms with van der Waals surface area (Å²) in [6, 6.07) is 4.92. The molecule has 0 spiro atoms. The number of nitrogens with two attached hydrogens (primary N) is 2. The summed E-state index contributed by atoms with van der Waals surface area (Å²) in [5.41, 5.74) is 10.9. The number of phenolic OH excluding ortho intramolecular Hbond substituents is 1. The lowest BCUT2D eigenvalue weighted by Crippen LogP contribution is -2.21. The van der Waals surface area contributed by atoms with Crippen LogP contribution in [0.4, 0.5) is 0 Å². The maximum atomic E-state index is 9.20. The standard InChI is InChI=1S/C8H9BrN4O/c9-6-3-5(1-2-7(6)14)4-12-13-8(10)11/h1-4,14H,(H4,10,11,13)/b12-4+. The molecule has 14 heavy (non-hydrogen) atoms. The minimum absolute atomic E-state index is 0.0981. The van der Waals surface area contributed by atoms with Gasteiger partial charge in [-0.25, -0.2) is 0 Å². The Morgan fingerprint density at radius 3 is 2.71 bits per heavy atom. The third-order valence-corrected chi connectivity index (χ3v) is 1.99. The van der Waals surface area contributed by atoms with Crippen molar-refractivity contribution >= 4 is 28.1 Å². The van der Waals surface area contributed by atoms with E-state index in [1.807, 2.05) is 0 Å². The molecule has 0 heterocycles. The molecule has 0 atom stereocenters. The maximum Gasteiger partial charge on any atom is 0.211 e. The van der Waals surface area contributed by atoms with Gasteiger partial charge in [-0.15, -0.1) is 5.10 Å². The van der Waals surface area contributed by atoms with Crippen molar-refractivity contribution in [2.24, 2.45) is 21.7 Å². The van der Waals surface area contributed by atoms with Crippen LogP contribution < -0.4 is 11.5 Å². The Balaban J connectivity index is 2.83. The zero-order chi connectivity index (χ0) is 10.6. The number of hydrogen-bond acceptors (Lipinski definition) is 3. The van der Waals surface area contributed by atoms with E-state index in [0.717, 1.165) is 5.56 Å². The first-order valence-electron chi connectivity index (χ1n) is 3.70. The van der Waals surface area contributed by atoms with Crippen LogP contribution in [0.1, 0.15) is 5.56 Å². The van der Waals surface area contributed by atoms with Crippen molar-refractivity contribution < 1.29 is 5.11 Å². The Labute approximate surface area is 89.3 Å². The summed E-state index contributed by atoms with van der Waals surface area (Å²) in [6.45, 7) is 0. The molecule has 6 heteroatoms. The average molecular weight is 257 g/mol. The van der Waals surface area contributed by atoms with Crippen molar-refractivity contribution in [2.45, 2.75) is 0 Å². The molecule has 0 aromatic heterocycles. The number of nitrogens with zero attached hydrogens (tertiary/aromatic N) is 2. The zero-order valence-electron chi connectivity index (χ0n) is 7.18. The number of rotatable bonds is 2. The topological polar surface area (TPSA) is 97.0 Å². The van der Waals surface area contributed by atoms with Crippen molar-refractivity contribution in [2.75, 3.05) is 0 Å². The molecule has 0 saturated carbocycles. The normalized spacial score (nSPS) is 10.4. The molecular formula is C8H9BrN4O. The molecule has 0 saturated heterocycles. The van der Waals surface area contributed by atoms with E-state index in [-0.39, 0.29) is 11.7 Å². The van der Waals surface area contributed by atoms with E-state index in [9.17, 15) is 5.11 Å². The van der Waals surface area contributed by atoms with E-state index in [0.29, 0.717) is 4.47 Å². The Bertz CT molecular complexity index is 385. The largest absolute Gasteiger partial charge is 0.507 e. The van der Waals surface area contributed by atoms with E-state index >= 15 is 0 Å². The fourth-order valence-electron chi connectivity index (χ4n) is 0.766. The van der Waals surface area contributed by atoms with Crippen LogP contribution in [0.2, 0.25) is 0 Å². The van der Waals surface area contributed by atoms with Crippen LogP contribution in [0, 0.1) is 0 Å². The highest BCUT2D eigenvalue weighted by Crippen LogP contribution is 2.23. The van der Waals surface area contributed by atoms with Gasteiger partial charge in [-0.3, -0.25) is 0 Å². The minimum Gasteiger partial charge on any atom is -0.507 e. The highest BCUT2D eigenvalue weighted by atomic mass is 79.9. The molecule has 0 unspecified atom stereocenters. The molecule has 0 amide bonds. The molecule has 0 aliphatic rings. The highest BCUT2D eigenvalue weighted by molar-refractivity contribution is 9.10. The molecular weight excluding hydrogens is 248 g/mol. The van der Waals surface area contributed by atoms with Crippen molar-refractivity contribution in [1.29, 1.82) is 0 Å². The second-order valence-corrected chi connectivity index (χ2v) is 3.33. The van der Waals surface area contributed by atoms with Gasteiger partial charge in [0.25, 0.3) is 0 Å². The van der Waals surface area contributed by atoms with Crippen LogP contribution in [0.3, 0.4) is 0 Å². The zero-order valence-corrected chi connectivity index (χ0v) is 8.77. The third kappa shape index (κ3) is 3.06. The van der Waals surface area contributed by atoms with Gasteiger partial charge in [0, 0.05) is 0 Å². The summed E-state index contributed by atoms with van der Waals surface area (Å²) in [4.78, 5) is 0. The predicted molar refractivity (Wildman–Crippen MR) is 59.2 cm³/mol. The summed E-state index contributed by atoms with van der Waals surface area (Å²) in [6.07, 6.45) is 1.48. The number of guanidine groups is 1. The lowest BCUT2D eigenvalue weighted by molar-refractivity contribution is 0.472. The van der Waals surface area contributed by atoms with Gasteiger partial charge in [0.1, 0.15) is 5.75 Å². The van der Waals surface area contributed by atoms with Gasteiger partial charge < -0.3 is 16.6 Å². The molecule has 1 rings (SSSR count). The van der Waals surface area contributed by atoms with Gasteiger partial charge in [-0.05, 0) is 39.7 Å². The van der Waals surface area contributed by atoms with Crippen molar-refractivity contribution in [1.82, 2.24) is 0 Å². The minimum atomic E-state index is -0.0981. The number of halogens is 1. The number of aromatic hydroxyl groups is 1. The lowest BCUT2D eigenvalue weighted by atomic mass is 10.2. The van der Waals surface area contributed by atoms with Gasteiger partial charge in [0.2, 0.25) is 5.96 Å². The van der Waals surface area contributed by atoms with Crippen molar-refractivity contribution in [3.8, 4) is 5.75 Å². The first kappa shape index (κ1) is 10.5. The fourth-order valence-corrected chi connectivity index (χ4v) is 1.16. The van der Waals surface area contributed by atoms with Gasteiger partial charge in [-0.1, -0.05) is 0 Å². The molecule has 74 valence electrons. The molecule has 1 aromatic rings. The van der Waals surface area contributed by atoms with Crippen LogP contribution >= 0.6 is 15.9 Å². The number of phenols is 1. The van der Waals surface area contributed by atoms with E-state index in [1.165, 1.54) is 6.21 Å². The smallest absolute Gasteiger partial charge is 0.211 e. The predicted octanol–water partition coefficient (Wildman–Crippen LogP) is 0.762. The highest BCUT2D eigenvalue weighted by Gasteiger charge is 1.96. The summed E-state index contributed by atoms with van der Waals surface area (Å²) < 4.78 is 0.589. The molecule has 0 bridgehead atoms. The second kappa shape index (κ2) is 4.61. The van der Waals surface area contributed by atoms with Crippen LogP contribution in [0.15, 0.2) is 32.9 Å². The van der Waals surface area contributed by atoms with E-state index < -0.39 is 0 Å². The van der Waals surface area contributed by atoms with Crippen LogP contribution in [0.5, 0.6) is 5.75 Å². The molecule has 0 aliphatic carbocycles. The van der Waals surface area contributed by atoms with E-state index in [1.54, 1.807) is 18.2 Å². The monoisotopic (exact) mass is 256 g/mol. The Hall–Kier alpha value is -1.56. The van der Waals surface area contributed by atoms with Crippen LogP contribution in [-0.2, 0) is 0 Å². The lowest BCUT2D eigenvalue weighted by Gasteiger charge is -1.96. The quantitative estimate of drug-likeness (QED) is 0.414. The maximum absolute atomic E-state index is 9.20. The molecule has 5 N–H and O–H groups in total. The van der Waals surface area contributed by atoms with Gasteiger partial charge in [-0.2, -0.15) is 5.10 Å². The summed E-state index contributed by atoms with van der Waals surface area (Å²) in [7, 11) is 0.